The third-order valence-electron chi connectivity index (χ3n) is 13.1. The highest BCUT2D eigenvalue weighted by Crippen LogP contribution is 2.51. The van der Waals surface area contributed by atoms with Gasteiger partial charge in [-0.15, -0.1) is 0 Å². The van der Waals surface area contributed by atoms with Gasteiger partial charge in [0.1, 0.15) is 0 Å². The van der Waals surface area contributed by atoms with E-state index in [1.165, 1.54) is 111 Å². The Balaban J connectivity index is 1.00. The Morgan fingerprint density at radius 2 is 1.25 bits per heavy atom. The quantitative estimate of drug-likeness (QED) is 0.160. The van der Waals surface area contributed by atoms with E-state index in [1.54, 1.807) is 0 Å². The summed E-state index contributed by atoms with van der Waals surface area (Å²) in [4.78, 5) is 0. The van der Waals surface area contributed by atoms with E-state index in [1.807, 2.05) is 6.08 Å². The Morgan fingerprint density at radius 1 is 0.542 bits per heavy atom. The summed E-state index contributed by atoms with van der Waals surface area (Å²) >= 11 is 0. The van der Waals surface area contributed by atoms with Gasteiger partial charge in [-0.25, -0.2) is 0 Å². The zero-order valence-corrected chi connectivity index (χ0v) is 33.2. The molecule has 0 aliphatic heterocycles. The molecular weight excluding hydrogens is 713 g/mol. The number of aryl methyl sites for hydroxylation is 1. The van der Waals surface area contributed by atoms with Crippen molar-refractivity contribution in [2.24, 2.45) is 0 Å². The molecule has 3 aliphatic rings. The van der Waals surface area contributed by atoms with Crippen LogP contribution in [-0.4, -0.2) is 9.13 Å². The summed E-state index contributed by atoms with van der Waals surface area (Å²) < 4.78 is 4.90. The standard InChI is InChI=1S/C57H42N2/c1-3-14-44-50-33-37(26-30-55(50)58(52(44)4-2)40-17-6-5-7-18-40)38-27-31-56-51(34-38)45-20-10-11-24-53(45)59(56)54-32-29-47-43-28-25-39(35-49(43)46-22-13-23-48(54)57(46)47)42-21-12-16-36-15-8-9-19-41(36)42/h3-7,9-10,12-14,16-23,25-35H,2,8,11,15,24H2,1H3/b14-3-. The largest absolute Gasteiger partial charge is 0.312 e. The lowest BCUT2D eigenvalue weighted by atomic mass is 9.88. The first kappa shape index (κ1) is 33.9. The Morgan fingerprint density at radius 3 is 2.08 bits per heavy atom. The van der Waals surface area contributed by atoms with Crippen molar-refractivity contribution in [2.75, 3.05) is 0 Å². The molecule has 2 nitrogen and oxygen atoms in total. The van der Waals surface area contributed by atoms with Gasteiger partial charge < -0.3 is 9.13 Å². The Bertz CT molecular complexity index is 3340. The second-order valence-corrected chi connectivity index (χ2v) is 16.2. The average Bonchev–Trinajstić information content (AvgIpc) is 3.92. The highest BCUT2D eigenvalue weighted by Gasteiger charge is 2.27. The summed E-state index contributed by atoms with van der Waals surface area (Å²) in [5.41, 5.74) is 23.0. The average molecular weight is 755 g/mol. The molecule has 7 aromatic carbocycles. The molecule has 0 saturated carbocycles. The first-order valence-electron chi connectivity index (χ1n) is 21.0. The first-order valence-corrected chi connectivity index (χ1v) is 21.0. The molecule has 59 heavy (non-hydrogen) atoms. The second-order valence-electron chi connectivity index (χ2n) is 16.2. The van der Waals surface area contributed by atoms with Gasteiger partial charge in [0.05, 0.1) is 22.4 Å². The number of benzene rings is 7. The van der Waals surface area contributed by atoms with E-state index in [2.05, 4.69) is 193 Å². The van der Waals surface area contributed by atoms with Gasteiger partial charge in [-0.1, -0.05) is 128 Å². The Hall–Kier alpha value is -7.16. The smallest absolute Gasteiger partial charge is 0.0541 e. The van der Waals surface area contributed by atoms with Gasteiger partial charge in [0.2, 0.25) is 0 Å². The summed E-state index contributed by atoms with van der Waals surface area (Å²) in [6, 6.07) is 50.2. The fraction of sp³-hybridized carbons (Fsp3) is 0.0877. The minimum Gasteiger partial charge on any atom is -0.312 e. The predicted molar refractivity (Wildman–Crippen MR) is 252 cm³/mol. The number of allylic oxidation sites excluding steroid dienone is 3. The van der Waals surface area contributed by atoms with Gasteiger partial charge in [-0.3, -0.25) is 0 Å². The van der Waals surface area contributed by atoms with Crippen LogP contribution in [0.2, 0.25) is 0 Å². The number of nitrogens with zero attached hydrogens (tertiary/aromatic N) is 2. The van der Waals surface area contributed by atoms with Crippen LogP contribution in [0.1, 0.15) is 53.4 Å². The molecular formula is C57H42N2. The molecule has 0 amide bonds. The van der Waals surface area contributed by atoms with E-state index in [0.29, 0.717) is 0 Å². The van der Waals surface area contributed by atoms with Crippen molar-refractivity contribution in [1.29, 1.82) is 0 Å². The van der Waals surface area contributed by atoms with Gasteiger partial charge in [0.25, 0.3) is 0 Å². The molecule has 2 heterocycles. The molecule has 0 bridgehead atoms. The van der Waals surface area contributed by atoms with Gasteiger partial charge in [0.15, 0.2) is 0 Å². The van der Waals surface area contributed by atoms with Crippen LogP contribution in [0.25, 0.3) is 113 Å². The minimum atomic E-state index is 1.01. The molecule has 0 radical (unpaired) electrons. The fourth-order valence-corrected chi connectivity index (χ4v) is 10.5. The monoisotopic (exact) mass is 754 g/mol. The van der Waals surface area contributed by atoms with E-state index >= 15 is 0 Å². The lowest BCUT2D eigenvalue weighted by Gasteiger charge is -2.16. The number of hydrogen-bond donors (Lipinski definition) is 0. The Kier molecular flexibility index (Phi) is 7.59. The summed E-state index contributed by atoms with van der Waals surface area (Å²) in [5.74, 6) is 0. The molecule has 9 aromatic rings. The van der Waals surface area contributed by atoms with Crippen LogP contribution in [0, 0.1) is 0 Å². The highest BCUT2D eigenvalue weighted by molar-refractivity contribution is 6.18. The van der Waals surface area contributed by atoms with Crippen molar-refractivity contribution >= 4 is 56.9 Å². The van der Waals surface area contributed by atoms with Crippen molar-refractivity contribution in [1.82, 2.24) is 9.13 Å². The molecule has 12 rings (SSSR count). The van der Waals surface area contributed by atoms with Crippen LogP contribution in [0.4, 0.5) is 0 Å². The summed E-state index contributed by atoms with van der Waals surface area (Å²) in [7, 11) is 0. The van der Waals surface area contributed by atoms with Crippen molar-refractivity contribution in [3.63, 3.8) is 0 Å². The molecule has 280 valence electrons. The van der Waals surface area contributed by atoms with Crippen LogP contribution >= 0.6 is 0 Å². The molecule has 2 aromatic heterocycles. The topological polar surface area (TPSA) is 9.86 Å². The van der Waals surface area contributed by atoms with Crippen molar-refractivity contribution < 1.29 is 0 Å². The van der Waals surface area contributed by atoms with Gasteiger partial charge in [-0.05, 0) is 148 Å². The molecule has 3 aliphatic carbocycles. The molecule has 0 unspecified atom stereocenters. The summed E-state index contributed by atoms with van der Waals surface area (Å²) in [5, 5.41) is 5.18. The predicted octanol–water partition coefficient (Wildman–Crippen LogP) is 15.3. The zero-order chi connectivity index (χ0) is 39.2. The van der Waals surface area contributed by atoms with Crippen LogP contribution in [0.3, 0.4) is 0 Å². The lowest BCUT2D eigenvalue weighted by Crippen LogP contribution is -2.03. The third kappa shape index (κ3) is 4.99. The first-order chi connectivity index (χ1) is 29.2. The lowest BCUT2D eigenvalue weighted by molar-refractivity contribution is 0.892. The zero-order valence-electron chi connectivity index (χ0n) is 33.2. The summed E-state index contributed by atoms with van der Waals surface area (Å²) in [6.45, 7) is 6.33. The SMILES string of the molecule is C=Cc1c(/C=C\C)c2cc(-c3ccc4c(c3)c3c(n4-c4ccc5c6c(cccc46)-c4cc(-c6cccc7c6C=CCC7)ccc4-5)CCC=C3)ccc2n1-c1ccccc1. The number of rotatable bonds is 6. The van der Waals surface area contributed by atoms with Crippen LogP contribution in [-0.2, 0) is 12.8 Å². The summed E-state index contributed by atoms with van der Waals surface area (Å²) in [6.07, 6.45) is 20.0. The maximum atomic E-state index is 4.24. The maximum absolute atomic E-state index is 4.24. The highest BCUT2D eigenvalue weighted by atomic mass is 15.0. The van der Waals surface area contributed by atoms with E-state index in [4.69, 9.17) is 0 Å². The number of hydrogen-bond acceptors (Lipinski definition) is 0. The molecule has 0 fully saturated rings. The number of fused-ring (bicyclic) bond motifs is 8. The second kappa shape index (κ2) is 13.2. The molecule has 0 spiro atoms. The van der Waals surface area contributed by atoms with Gasteiger partial charge in [0, 0.05) is 38.7 Å². The van der Waals surface area contributed by atoms with Crippen molar-refractivity contribution in [3.05, 3.63) is 192 Å². The fourth-order valence-electron chi connectivity index (χ4n) is 10.5. The van der Waals surface area contributed by atoms with E-state index in [-0.39, 0.29) is 0 Å². The molecule has 0 N–H and O–H groups in total. The third-order valence-corrected chi connectivity index (χ3v) is 13.1. The number of aromatic nitrogens is 2. The van der Waals surface area contributed by atoms with Crippen LogP contribution in [0.5, 0.6) is 0 Å². The van der Waals surface area contributed by atoms with E-state index in [9.17, 15) is 0 Å². The van der Waals surface area contributed by atoms with Crippen molar-refractivity contribution in [2.45, 2.75) is 32.6 Å². The van der Waals surface area contributed by atoms with Crippen molar-refractivity contribution in [3.8, 4) is 55.9 Å². The van der Waals surface area contributed by atoms with Gasteiger partial charge >= 0.3 is 0 Å². The maximum Gasteiger partial charge on any atom is 0.0541 e. The molecule has 0 atom stereocenters. The minimum absolute atomic E-state index is 1.01. The van der Waals surface area contributed by atoms with E-state index in [0.717, 1.165) is 37.1 Å². The Labute approximate surface area is 345 Å². The molecule has 0 saturated heterocycles. The van der Waals surface area contributed by atoms with E-state index < -0.39 is 0 Å². The van der Waals surface area contributed by atoms with Crippen LogP contribution < -0.4 is 0 Å². The molecule has 2 heteroatoms. The normalized spacial score (nSPS) is 13.8. The van der Waals surface area contributed by atoms with Crippen LogP contribution in [0.15, 0.2) is 158 Å². The number of para-hydroxylation sites is 1. The van der Waals surface area contributed by atoms with Gasteiger partial charge in [-0.2, -0.15) is 0 Å².